The van der Waals surface area contributed by atoms with Gasteiger partial charge in [-0.25, -0.2) is 0 Å². The molecule has 0 saturated heterocycles. The van der Waals surface area contributed by atoms with Crippen LogP contribution in [0.5, 0.6) is 5.75 Å². The summed E-state index contributed by atoms with van der Waals surface area (Å²) in [5.41, 5.74) is 2.29. The molecule has 0 N–H and O–H groups in total. The number of carbonyl (C=O) groups is 1. The fraction of sp³-hybridized carbons (Fsp3) is 0.158. The van der Waals surface area contributed by atoms with Crippen LogP contribution in [0.4, 0.5) is 0 Å². The second kappa shape index (κ2) is 7.00. The van der Waals surface area contributed by atoms with Gasteiger partial charge in [-0.3, -0.25) is 4.79 Å². The van der Waals surface area contributed by atoms with Gasteiger partial charge in [0.25, 0.3) is 5.91 Å². The zero-order chi connectivity index (χ0) is 16.9. The van der Waals surface area contributed by atoms with Gasteiger partial charge < -0.3 is 14.2 Å². The van der Waals surface area contributed by atoms with Crippen LogP contribution in [0.25, 0.3) is 11.3 Å². The first-order valence-corrected chi connectivity index (χ1v) is 7.57. The lowest BCUT2D eigenvalue weighted by Gasteiger charge is -2.16. The summed E-state index contributed by atoms with van der Waals surface area (Å²) in [6.07, 6.45) is 1.46. The van der Waals surface area contributed by atoms with Crippen molar-refractivity contribution in [2.24, 2.45) is 0 Å². The van der Waals surface area contributed by atoms with Crippen LogP contribution in [0.3, 0.4) is 0 Å². The first-order valence-electron chi connectivity index (χ1n) is 7.57. The molecule has 0 aliphatic heterocycles. The molecule has 0 saturated carbocycles. The largest absolute Gasteiger partial charge is 0.497 e. The Kier molecular flexibility index (Phi) is 4.61. The Morgan fingerprint density at radius 3 is 2.50 bits per heavy atom. The second-order valence-corrected chi connectivity index (χ2v) is 5.44. The molecule has 0 atom stereocenters. The van der Waals surface area contributed by atoms with Crippen molar-refractivity contribution in [2.45, 2.75) is 6.54 Å². The number of hydrogen-bond donors (Lipinski definition) is 0. The first-order chi connectivity index (χ1) is 11.7. The van der Waals surface area contributed by atoms with E-state index in [1.165, 1.54) is 6.20 Å². The molecule has 3 rings (SSSR count). The number of methoxy groups -OCH3 is 1. The van der Waals surface area contributed by atoms with Crippen LogP contribution < -0.4 is 4.74 Å². The molecule has 0 spiro atoms. The molecule has 1 amide bonds. The van der Waals surface area contributed by atoms with E-state index >= 15 is 0 Å². The average Bonchev–Trinajstić information content (AvgIpc) is 3.11. The first kappa shape index (κ1) is 15.8. The summed E-state index contributed by atoms with van der Waals surface area (Å²) in [5, 5.41) is 3.80. The zero-order valence-corrected chi connectivity index (χ0v) is 13.6. The van der Waals surface area contributed by atoms with E-state index in [9.17, 15) is 4.79 Å². The SMILES string of the molecule is COc1ccc(-c2oncc2C(=O)N(C)Cc2ccccc2)cc1. The lowest BCUT2D eigenvalue weighted by atomic mass is 10.1. The molecule has 0 unspecified atom stereocenters. The predicted molar refractivity (Wildman–Crippen MR) is 90.7 cm³/mol. The Bertz CT molecular complexity index is 810. The maximum Gasteiger partial charge on any atom is 0.259 e. The van der Waals surface area contributed by atoms with Crippen molar-refractivity contribution in [2.75, 3.05) is 14.2 Å². The Morgan fingerprint density at radius 1 is 1.12 bits per heavy atom. The number of nitrogens with zero attached hydrogens (tertiary/aromatic N) is 2. The molecular formula is C19H18N2O3. The number of ether oxygens (including phenoxy) is 1. The van der Waals surface area contributed by atoms with Gasteiger partial charge in [0.05, 0.1) is 13.3 Å². The van der Waals surface area contributed by atoms with Crippen molar-refractivity contribution in [1.29, 1.82) is 0 Å². The maximum atomic E-state index is 12.7. The Hall–Kier alpha value is -3.08. The van der Waals surface area contributed by atoms with Crippen molar-refractivity contribution < 1.29 is 14.1 Å². The van der Waals surface area contributed by atoms with Gasteiger partial charge in [0.1, 0.15) is 11.3 Å². The van der Waals surface area contributed by atoms with Crippen LogP contribution in [-0.4, -0.2) is 30.1 Å². The standard InChI is InChI=1S/C19H18N2O3/c1-21(13-14-6-4-3-5-7-14)19(22)17-12-20-24-18(17)15-8-10-16(23-2)11-9-15/h3-12H,13H2,1-2H3. The highest BCUT2D eigenvalue weighted by Crippen LogP contribution is 2.26. The van der Waals surface area contributed by atoms with Crippen molar-refractivity contribution in [3.63, 3.8) is 0 Å². The van der Waals surface area contributed by atoms with Crippen molar-refractivity contribution in [3.8, 4) is 17.1 Å². The van der Waals surface area contributed by atoms with Crippen LogP contribution in [-0.2, 0) is 6.54 Å². The predicted octanol–water partition coefficient (Wildman–Crippen LogP) is 3.62. The van der Waals surface area contributed by atoms with Crippen molar-refractivity contribution >= 4 is 5.91 Å². The molecule has 2 aromatic carbocycles. The number of benzene rings is 2. The lowest BCUT2D eigenvalue weighted by Crippen LogP contribution is -2.26. The molecule has 0 radical (unpaired) electrons. The number of aromatic nitrogens is 1. The quantitative estimate of drug-likeness (QED) is 0.720. The topological polar surface area (TPSA) is 55.6 Å². The molecule has 0 bridgehead atoms. The number of carbonyl (C=O) groups excluding carboxylic acids is 1. The van der Waals surface area contributed by atoms with E-state index < -0.39 is 0 Å². The minimum Gasteiger partial charge on any atom is -0.497 e. The van der Waals surface area contributed by atoms with E-state index in [1.54, 1.807) is 19.1 Å². The monoisotopic (exact) mass is 322 g/mol. The molecule has 0 fully saturated rings. The van der Waals surface area contributed by atoms with Gasteiger partial charge in [-0.2, -0.15) is 0 Å². The van der Waals surface area contributed by atoms with E-state index in [1.807, 2.05) is 54.6 Å². The third-order valence-corrected chi connectivity index (χ3v) is 3.76. The number of hydrogen-bond acceptors (Lipinski definition) is 4. The third-order valence-electron chi connectivity index (χ3n) is 3.76. The van der Waals surface area contributed by atoms with E-state index in [2.05, 4.69) is 5.16 Å². The fourth-order valence-electron chi connectivity index (χ4n) is 2.48. The molecule has 3 aromatic rings. The summed E-state index contributed by atoms with van der Waals surface area (Å²) in [5.74, 6) is 1.07. The van der Waals surface area contributed by atoms with Crippen LogP contribution in [0, 0.1) is 0 Å². The molecule has 1 aromatic heterocycles. The van der Waals surface area contributed by atoms with E-state index in [-0.39, 0.29) is 5.91 Å². The Balaban J connectivity index is 1.82. The minimum absolute atomic E-state index is 0.133. The van der Waals surface area contributed by atoms with Gasteiger partial charge in [0, 0.05) is 19.2 Å². The van der Waals surface area contributed by atoms with Gasteiger partial charge in [-0.05, 0) is 29.8 Å². The molecule has 0 aliphatic carbocycles. The van der Waals surface area contributed by atoms with Gasteiger partial charge in [-0.15, -0.1) is 0 Å². The number of rotatable bonds is 5. The maximum absolute atomic E-state index is 12.7. The fourth-order valence-corrected chi connectivity index (χ4v) is 2.48. The molecule has 24 heavy (non-hydrogen) atoms. The van der Waals surface area contributed by atoms with E-state index in [0.717, 1.165) is 16.9 Å². The minimum atomic E-state index is -0.133. The Labute approximate surface area is 140 Å². The van der Waals surface area contributed by atoms with Gasteiger partial charge >= 0.3 is 0 Å². The van der Waals surface area contributed by atoms with E-state index in [4.69, 9.17) is 9.26 Å². The highest BCUT2D eigenvalue weighted by Gasteiger charge is 2.21. The highest BCUT2D eigenvalue weighted by molar-refractivity contribution is 5.99. The molecular weight excluding hydrogens is 304 g/mol. The van der Waals surface area contributed by atoms with Crippen LogP contribution in [0.1, 0.15) is 15.9 Å². The summed E-state index contributed by atoms with van der Waals surface area (Å²) >= 11 is 0. The summed E-state index contributed by atoms with van der Waals surface area (Å²) in [6, 6.07) is 17.2. The van der Waals surface area contributed by atoms with Crippen LogP contribution >= 0.6 is 0 Å². The molecule has 0 aliphatic rings. The normalized spacial score (nSPS) is 10.4. The summed E-state index contributed by atoms with van der Waals surface area (Å²) in [6.45, 7) is 0.521. The Morgan fingerprint density at radius 2 is 1.83 bits per heavy atom. The zero-order valence-electron chi connectivity index (χ0n) is 13.6. The van der Waals surface area contributed by atoms with Crippen LogP contribution in [0.2, 0.25) is 0 Å². The van der Waals surface area contributed by atoms with Crippen LogP contribution in [0.15, 0.2) is 65.3 Å². The van der Waals surface area contributed by atoms with E-state index in [0.29, 0.717) is 17.9 Å². The molecule has 1 heterocycles. The average molecular weight is 322 g/mol. The van der Waals surface area contributed by atoms with Gasteiger partial charge in [-0.1, -0.05) is 35.5 Å². The third kappa shape index (κ3) is 3.30. The lowest BCUT2D eigenvalue weighted by molar-refractivity contribution is 0.0785. The van der Waals surface area contributed by atoms with Crippen molar-refractivity contribution in [3.05, 3.63) is 71.9 Å². The number of amides is 1. The molecule has 5 nitrogen and oxygen atoms in total. The smallest absolute Gasteiger partial charge is 0.259 e. The van der Waals surface area contributed by atoms with Gasteiger partial charge in [0.2, 0.25) is 0 Å². The summed E-state index contributed by atoms with van der Waals surface area (Å²) in [4.78, 5) is 14.4. The summed E-state index contributed by atoms with van der Waals surface area (Å²) < 4.78 is 10.5. The van der Waals surface area contributed by atoms with Crippen molar-refractivity contribution in [1.82, 2.24) is 10.1 Å². The van der Waals surface area contributed by atoms with Gasteiger partial charge in [0.15, 0.2) is 5.76 Å². The highest BCUT2D eigenvalue weighted by atomic mass is 16.5. The molecule has 122 valence electrons. The summed E-state index contributed by atoms with van der Waals surface area (Å²) in [7, 11) is 3.37. The second-order valence-electron chi connectivity index (χ2n) is 5.44. The molecule has 5 heteroatoms.